The third-order valence-corrected chi connectivity index (χ3v) is 3.65. The lowest BCUT2D eigenvalue weighted by molar-refractivity contribution is 0.200. The SMILES string of the molecule is CNCc1ccc(CN(C)CC2CCC2)cc1. The summed E-state index contributed by atoms with van der Waals surface area (Å²) < 4.78 is 0. The second-order valence-corrected chi connectivity index (χ2v) is 5.34. The maximum Gasteiger partial charge on any atom is 0.0230 e. The lowest BCUT2D eigenvalue weighted by atomic mass is 9.85. The van der Waals surface area contributed by atoms with Crippen molar-refractivity contribution in [3.63, 3.8) is 0 Å². The van der Waals surface area contributed by atoms with Gasteiger partial charge in [-0.15, -0.1) is 0 Å². The molecule has 0 atom stereocenters. The Morgan fingerprint density at radius 2 is 1.82 bits per heavy atom. The molecule has 1 aromatic rings. The topological polar surface area (TPSA) is 15.3 Å². The maximum absolute atomic E-state index is 3.18. The minimum atomic E-state index is 0.957. The summed E-state index contributed by atoms with van der Waals surface area (Å²) in [5.74, 6) is 0.962. The molecule has 94 valence electrons. The molecule has 0 amide bonds. The van der Waals surface area contributed by atoms with E-state index >= 15 is 0 Å². The summed E-state index contributed by atoms with van der Waals surface area (Å²) in [6.45, 7) is 3.30. The largest absolute Gasteiger partial charge is 0.316 e. The average Bonchev–Trinajstić information content (AvgIpc) is 2.27. The van der Waals surface area contributed by atoms with Crippen LogP contribution in [0.3, 0.4) is 0 Å². The number of benzene rings is 1. The third kappa shape index (κ3) is 3.83. The average molecular weight is 232 g/mol. The van der Waals surface area contributed by atoms with Crippen molar-refractivity contribution in [2.24, 2.45) is 5.92 Å². The van der Waals surface area contributed by atoms with E-state index in [4.69, 9.17) is 0 Å². The van der Waals surface area contributed by atoms with E-state index in [0.29, 0.717) is 0 Å². The van der Waals surface area contributed by atoms with Crippen molar-refractivity contribution in [3.05, 3.63) is 35.4 Å². The second-order valence-electron chi connectivity index (χ2n) is 5.34. The maximum atomic E-state index is 3.18. The number of hydrogen-bond donors (Lipinski definition) is 1. The van der Waals surface area contributed by atoms with Crippen LogP contribution in [0, 0.1) is 5.92 Å². The Morgan fingerprint density at radius 3 is 2.35 bits per heavy atom. The van der Waals surface area contributed by atoms with Crippen molar-refractivity contribution >= 4 is 0 Å². The lowest BCUT2D eigenvalue weighted by Crippen LogP contribution is -2.29. The third-order valence-electron chi connectivity index (χ3n) is 3.65. The lowest BCUT2D eigenvalue weighted by Gasteiger charge is -2.30. The van der Waals surface area contributed by atoms with Gasteiger partial charge in [-0.3, -0.25) is 0 Å². The van der Waals surface area contributed by atoms with Gasteiger partial charge >= 0.3 is 0 Å². The quantitative estimate of drug-likeness (QED) is 0.811. The molecule has 1 fully saturated rings. The van der Waals surface area contributed by atoms with E-state index in [1.807, 2.05) is 7.05 Å². The number of rotatable bonds is 6. The van der Waals surface area contributed by atoms with Crippen LogP contribution in [-0.2, 0) is 13.1 Å². The van der Waals surface area contributed by atoms with Crippen molar-refractivity contribution in [1.29, 1.82) is 0 Å². The zero-order chi connectivity index (χ0) is 12.1. The first-order valence-electron chi connectivity index (χ1n) is 6.69. The highest BCUT2D eigenvalue weighted by Crippen LogP contribution is 2.27. The van der Waals surface area contributed by atoms with Crippen LogP contribution >= 0.6 is 0 Å². The fourth-order valence-electron chi connectivity index (χ4n) is 2.46. The molecule has 2 rings (SSSR count). The zero-order valence-electron chi connectivity index (χ0n) is 11.1. The molecule has 0 unspecified atom stereocenters. The molecule has 0 aromatic heterocycles. The summed E-state index contributed by atoms with van der Waals surface area (Å²) in [4.78, 5) is 2.46. The first-order valence-corrected chi connectivity index (χ1v) is 6.69. The Balaban J connectivity index is 1.80. The molecule has 0 heterocycles. The van der Waals surface area contributed by atoms with Crippen LogP contribution in [0.5, 0.6) is 0 Å². The van der Waals surface area contributed by atoms with Crippen LogP contribution in [0.25, 0.3) is 0 Å². The van der Waals surface area contributed by atoms with E-state index in [9.17, 15) is 0 Å². The van der Waals surface area contributed by atoms with Gasteiger partial charge in [-0.1, -0.05) is 30.7 Å². The predicted octanol–water partition coefficient (Wildman–Crippen LogP) is 2.64. The molecule has 2 heteroatoms. The van der Waals surface area contributed by atoms with E-state index in [-0.39, 0.29) is 0 Å². The van der Waals surface area contributed by atoms with Crippen LogP contribution < -0.4 is 5.32 Å². The number of nitrogens with one attached hydrogen (secondary N) is 1. The molecule has 1 saturated carbocycles. The van der Waals surface area contributed by atoms with Gasteiger partial charge in [0, 0.05) is 19.6 Å². The molecule has 0 bridgehead atoms. The van der Waals surface area contributed by atoms with E-state index in [0.717, 1.165) is 19.0 Å². The fourth-order valence-corrected chi connectivity index (χ4v) is 2.46. The molecule has 0 radical (unpaired) electrons. The van der Waals surface area contributed by atoms with Crippen molar-refractivity contribution in [2.75, 3.05) is 20.6 Å². The zero-order valence-corrected chi connectivity index (χ0v) is 11.1. The summed E-state index contributed by atoms with van der Waals surface area (Å²) in [7, 11) is 4.22. The summed E-state index contributed by atoms with van der Waals surface area (Å²) in [6.07, 6.45) is 4.31. The van der Waals surface area contributed by atoms with Crippen molar-refractivity contribution in [3.8, 4) is 0 Å². The Morgan fingerprint density at radius 1 is 1.18 bits per heavy atom. The molecule has 0 saturated heterocycles. The van der Waals surface area contributed by atoms with Gasteiger partial charge in [-0.05, 0) is 44.0 Å². The molecular formula is C15H24N2. The van der Waals surface area contributed by atoms with Gasteiger partial charge in [0.1, 0.15) is 0 Å². The number of nitrogens with zero attached hydrogens (tertiary/aromatic N) is 1. The molecule has 1 aliphatic rings. The highest BCUT2D eigenvalue weighted by Gasteiger charge is 2.18. The second kappa shape index (κ2) is 6.18. The Labute approximate surface area is 105 Å². The van der Waals surface area contributed by atoms with Gasteiger partial charge in [-0.2, -0.15) is 0 Å². The van der Waals surface area contributed by atoms with Crippen molar-refractivity contribution in [1.82, 2.24) is 10.2 Å². The van der Waals surface area contributed by atoms with Crippen LogP contribution in [-0.4, -0.2) is 25.5 Å². The smallest absolute Gasteiger partial charge is 0.0230 e. The molecule has 1 N–H and O–H groups in total. The Bertz CT molecular complexity index is 327. The minimum absolute atomic E-state index is 0.957. The van der Waals surface area contributed by atoms with Crippen LogP contribution in [0.4, 0.5) is 0 Å². The van der Waals surface area contributed by atoms with Crippen molar-refractivity contribution < 1.29 is 0 Å². The van der Waals surface area contributed by atoms with E-state index in [2.05, 4.69) is 41.5 Å². The van der Waals surface area contributed by atoms with Crippen LogP contribution in [0.1, 0.15) is 30.4 Å². The van der Waals surface area contributed by atoms with Gasteiger partial charge in [-0.25, -0.2) is 0 Å². The van der Waals surface area contributed by atoms with Crippen LogP contribution in [0.15, 0.2) is 24.3 Å². The predicted molar refractivity (Wildman–Crippen MR) is 72.9 cm³/mol. The summed E-state index contributed by atoms with van der Waals surface area (Å²) >= 11 is 0. The standard InChI is InChI=1S/C15H24N2/c1-16-10-13-6-8-15(9-7-13)12-17(2)11-14-4-3-5-14/h6-9,14,16H,3-5,10-12H2,1-2H3. The molecular weight excluding hydrogens is 208 g/mol. The molecule has 2 nitrogen and oxygen atoms in total. The highest BCUT2D eigenvalue weighted by molar-refractivity contribution is 5.22. The first kappa shape index (κ1) is 12.6. The highest BCUT2D eigenvalue weighted by atomic mass is 15.1. The van der Waals surface area contributed by atoms with E-state index < -0.39 is 0 Å². The van der Waals surface area contributed by atoms with E-state index in [1.54, 1.807) is 0 Å². The Kier molecular flexibility index (Phi) is 4.57. The normalized spacial score (nSPS) is 16.2. The monoisotopic (exact) mass is 232 g/mol. The summed E-state index contributed by atoms with van der Waals surface area (Å²) in [5, 5.41) is 3.18. The minimum Gasteiger partial charge on any atom is -0.316 e. The van der Waals surface area contributed by atoms with Gasteiger partial charge in [0.05, 0.1) is 0 Å². The summed E-state index contributed by atoms with van der Waals surface area (Å²) in [6, 6.07) is 8.96. The number of hydrogen-bond acceptors (Lipinski definition) is 2. The van der Waals surface area contributed by atoms with Gasteiger partial charge in [0.15, 0.2) is 0 Å². The fraction of sp³-hybridized carbons (Fsp3) is 0.600. The molecule has 17 heavy (non-hydrogen) atoms. The van der Waals surface area contributed by atoms with Gasteiger partial charge < -0.3 is 10.2 Å². The van der Waals surface area contributed by atoms with Gasteiger partial charge in [0.25, 0.3) is 0 Å². The molecule has 1 aliphatic carbocycles. The molecule has 1 aromatic carbocycles. The first-order chi connectivity index (χ1) is 8.28. The van der Waals surface area contributed by atoms with E-state index in [1.165, 1.54) is 36.9 Å². The molecule has 0 spiro atoms. The molecule has 0 aliphatic heterocycles. The van der Waals surface area contributed by atoms with Gasteiger partial charge in [0.2, 0.25) is 0 Å². The summed E-state index contributed by atoms with van der Waals surface area (Å²) in [5.41, 5.74) is 2.78. The van der Waals surface area contributed by atoms with Crippen LogP contribution in [0.2, 0.25) is 0 Å². The Hall–Kier alpha value is -0.860. The van der Waals surface area contributed by atoms with Crippen molar-refractivity contribution in [2.45, 2.75) is 32.4 Å².